The highest BCUT2D eigenvalue weighted by Gasteiger charge is 2.34. The third-order valence-electron chi connectivity index (χ3n) is 4.52. The number of alkyl halides is 3. The molecule has 4 aromatic rings. The molecule has 13 heteroatoms. The second-order valence-electron chi connectivity index (χ2n) is 6.83. The molecule has 0 saturated carbocycles. The third kappa shape index (κ3) is 4.81. The van der Waals surface area contributed by atoms with E-state index in [-0.39, 0.29) is 16.6 Å². The normalized spacial score (nSPS) is 12.5. The summed E-state index contributed by atoms with van der Waals surface area (Å²) in [5.41, 5.74) is -0.155. The number of rotatable bonds is 5. The van der Waals surface area contributed by atoms with E-state index in [1.807, 2.05) is 0 Å². The molecule has 4 heterocycles. The van der Waals surface area contributed by atoms with Gasteiger partial charge in [0.1, 0.15) is 27.0 Å². The van der Waals surface area contributed by atoms with Gasteiger partial charge in [-0.2, -0.15) is 13.2 Å². The monoisotopic (exact) mass is 494 g/mol. The molecule has 0 bridgehead atoms. The Labute approximate surface area is 193 Å². The van der Waals surface area contributed by atoms with Crippen LogP contribution >= 0.6 is 22.9 Å². The van der Waals surface area contributed by atoms with Gasteiger partial charge in [-0.1, -0.05) is 17.7 Å². The van der Waals surface area contributed by atoms with Crippen molar-refractivity contribution in [3.8, 4) is 0 Å². The van der Waals surface area contributed by atoms with Gasteiger partial charge in [0.25, 0.3) is 11.8 Å². The Bertz CT molecular complexity index is 1350. The second kappa shape index (κ2) is 8.79. The molecule has 0 aliphatic rings. The smallest absolute Gasteiger partial charge is 0.342 e. The molecule has 2 N–H and O–H groups in total. The summed E-state index contributed by atoms with van der Waals surface area (Å²) in [7, 11) is 0. The number of aromatic nitrogens is 4. The molecule has 0 aromatic carbocycles. The summed E-state index contributed by atoms with van der Waals surface area (Å²) < 4.78 is 40.6. The number of nitrogens with one attached hydrogen (secondary N) is 2. The van der Waals surface area contributed by atoms with E-state index in [4.69, 9.17) is 11.6 Å². The second-order valence-corrected chi connectivity index (χ2v) is 8.30. The first-order valence-electron chi connectivity index (χ1n) is 9.36. The van der Waals surface area contributed by atoms with Gasteiger partial charge >= 0.3 is 6.18 Å². The molecule has 0 saturated heterocycles. The number of nitrogens with zero attached hydrogens (tertiary/aromatic N) is 4. The van der Waals surface area contributed by atoms with Crippen molar-refractivity contribution >= 4 is 46.2 Å². The van der Waals surface area contributed by atoms with Crippen LogP contribution in [0.2, 0.25) is 5.02 Å². The van der Waals surface area contributed by atoms with E-state index in [1.54, 1.807) is 35.7 Å². The maximum Gasteiger partial charge on any atom is 0.418 e. The van der Waals surface area contributed by atoms with E-state index >= 15 is 0 Å². The summed E-state index contributed by atoms with van der Waals surface area (Å²) in [5, 5.41) is 4.94. The average Bonchev–Trinajstić information content (AvgIpc) is 3.42. The summed E-state index contributed by atoms with van der Waals surface area (Å²) in [6.07, 6.45) is 0.559. The molecule has 1 atom stereocenters. The van der Waals surface area contributed by atoms with Crippen LogP contribution in [0.4, 0.5) is 19.0 Å². The van der Waals surface area contributed by atoms with Crippen LogP contribution in [0.5, 0.6) is 0 Å². The third-order valence-corrected chi connectivity index (χ3v) is 6.00. The molecule has 0 fully saturated rings. The van der Waals surface area contributed by atoms with Gasteiger partial charge in [-0.05, 0) is 25.1 Å². The van der Waals surface area contributed by atoms with Crippen molar-refractivity contribution in [2.45, 2.75) is 19.1 Å². The van der Waals surface area contributed by atoms with E-state index in [1.165, 1.54) is 12.4 Å². The minimum atomic E-state index is -4.69. The van der Waals surface area contributed by atoms with Crippen molar-refractivity contribution in [1.29, 1.82) is 0 Å². The molecule has 1 unspecified atom stereocenters. The average molecular weight is 495 g/mol. The molecular weight excluding hydrogens is 481 g/mol. The fourth-order valence-electron chi connectivity index (χ4n) is 2.93. The van der Waals surface area contributed by atoms with Crippen molar-refractivity contribution < 1.29 is 22.8 Å². The molecule has 8 nitrogen and oxygen atoms in total. The van der Waals surface area contributed by atoms with Gasteiger partial charge in [0, 0.05) is 12.4 Å². The quantitative estimate of drug-likeness (QED) is 0.422. The van der Waals surface area contributed by atoms with Gasteiger partial charge in [0.05, 0.1) is 29.0 Å². The number of anilines is 1. The minimum absolute atomic E-state index is 0.131. The number of fused-ring (bicyclic) bond motifs is 1. The number of imidazole rings is 1. The van der Waals surface area contributed by atoms with E-state index in [9.17, 15) is 22.8 Å². The molecule has 4 aromatic heterocycles. The van der Waals surface area contributed by atoms with E-state index in [0.29, 0.717) is 22.4 Å². The molecule has 33 heavy (non-hydrogen) atoms. The summed E-state index contributed by atoms with van der Waals surface area (Å²) in [6.45, 7) is 1.69. The lowest BCUT2D eigenvalue weighted by Crippen LogP contribution is -2.27. The van der Waals surface area contributed by atoms with Gasteiger partial charge in [-0.25, -0.2) is 15.0 Å². The predicted molar refractivity (Wildman–Crippen MR) is 115 cm³/mol. The number of amides is 2. The first kappa shape index (κ1) is 22.7. The maximum atomic E-state index is 13.0. The van der Waals surface area contributed by atoms with Gasteiger partial charge in [0.15, 0.2) is 0 Å². The number of carbonyl (C=O) groups is 2. The topological polar surface area (TPSA) is 101 Å². The number of thiazole rings is 1. The fourth-order valence-corrected chi connectivity index (χ4v) is 3.95. The summed E-state index contributed by atoms with van der Waals surface area (Å²) in [6, 6.07) is 5.45. The Morgan fingerprint density at radius 2 is 1.91 bits per heavy atom. The number of halogens is 4. The highest BCUT2D eigenvalue weighted by Crippen LogP contribution is 2.35. The zero-order valence-corrected chi connectivity index (χ0v) is 18.3. The van der Waals surface area contributed by atoms with Crippen molar-refractivity contribution in [2.75, 3.05) is 5.32 Å². The van der Waals surface area contributed by atoms with Crippen molar-refractivity contribution in [2.24, 2.45) is 0 Å². The van der Waals surface area contributed by atoms with Gasteiger partial charge in [-0.3, -0.25) is 14.0 Å². The molecular formula is C20H14ClF3N6O2S. The Morgan fingerprint density at radius 1 is 1.12 bits per heavy atom. The summed E-state index contributed by atoms with van der Waals surface area (Å²) in [5.74, 6) is -1.38. The highest BCUT2D eigenvalue weighted by molar-refractivity contribution is 7.13. The summed E-state index contributed by atoms with van der Waals surface area (Å²) >= 11 is 6.53. The van der Waals surface area contributed by atoms with Crippen LogP contribution in [0.25, 0.3) is 5.65 Å². The molecule has 0 aliphatic carbocycles. The van der Waals surface area contributed by atoms with Crippen LogP contribution in [0.15, 0.2) is 49.1 Å². The Morgan fingerprint density at radius 3 is 2.67 bits per heavy atom. The van der Waals surface area contributed by atoms with Crippen molar-refractivity contribution in [3.05, 3.63) is 75.2 Å². The molecule has 0 radical (unpaired) electrons. The molecule has 170 valence electrons. The first-order chi connectivity index (χ1) is 15.6. The van der Waals surface area contributed by atoms with E-state index < -0.39 is 28.7 Å². The van der Waals surface area contributed by atoms with Crippen LogP contribution < -0.4 is 10.6 Å². The zero-order chi connectivity index (χ0) is 23.8. The predicted octanol–water partition coefficient (Wildman–Crippen LogP) is 4.60. The molecule has 0 spiro atoms. The molecule has 4 rings (SSSR count). The van der Waals surface area contributed by atoms with E-state index in [2.05, 4.69) is 25.6 Å². The van der Waals surface area contributed by atoms with Crippen LogP contribution in [0, 0.1) is 0 Å². The molecule has 2 amide bonds. The zero-order valence-electron chi connectivity index (χ0n) is 16.7. The largest absolute Gasteiger partial charge is 0.418 e. The maximum absolute atomic E-state index is 13.0. The highest BCUT2D eigenvalue weighted by atomic mass is 35.5. The van der Waals surface area contributed by atoms with Crippen molar-refractivity contribution in [1.82, 2.24) is 24.7 Å². The van der Waals surface area contributed by atoms with Gasteiger partial charge in [0.2, 0.25) is 0 Å². The Kier molecular flexibility index (Phi) is 6.04. The first-order valence-corrected chi connectivity index (χ1v) is 10.6. The number of hydrogen-bond acceptors (Lipinski definition) is 6. The standard InChI is InChI=1S/C20H14ClF3N6O2S/c1-10(28-17(31)13-8-26-16-4-2-3-5-30(13)16)19-27-9-14(33-19)18(32)29-15-6-11(20(22,23)24)12(21)7-25-15/h2-10H,1H3,(H,28,31)(H,25,29,32). The van der Waals surface area contributed by atoms with E-state index in [0.717, 1.165) is 17.5 Å². The van der Waals surface area contributed by atoms with Crippen LogP contribution in [0.1, 0.15) is 43.7 Å². The summed E-state index contributed by atoms with van der Waals surface area (Å²) in [4.78, 5) is 37.2. The lowest BCUT2D eigenvalue weighted by molar-refractivity contribution is -0.137. The van der Waals surface area contributed by atoms with Gasteiger partial charge in [-0.15, -0.1) is 11.3 Å². The Balaban J connectivity index is 1.45. The van der Waals surface area contributed by atoms with Crippen LogP contribution in [-0.4, -0.2) is 31.2 Å². The minimum Gasteiger partial charge on any atom is -0.342 e. The SMILES string of the molecule is CC(NC(=O)c1cnc2ccccn12)c1ncc(C(=O)Nc2cc(C(F)(F)F)c(Cl)cn2)s1. The Hall–Kier alpha value is -3.51. The van der Waals surface area contributed by atoms with Gasteiger partial charge < -0.3 is 10.6 Å². The lowest BCUT2D eigenvalue weighted by atomic mass is 10.2. The molecule has 0 aliphatic heterocycles. The number of carbonyl (C=O) groups excluding carboxylic acids is 2. The van der Waals surface area contributed by atoms with Crippen LogP contribution in [0.3, 0.4) is 0 Å². The number of pyridine rings is 2. The van der Waals surface area contributed by atoms with Crippen LogP contribution in [-0.2, 0) is 6.18 Å². The number of hydrogen-bond donors (Lipinski definition) is 2. The lowest BCUT2D eigenvalue weighted by Gasteiger charge is -2.11. The van der Waals surface area contributed by atoms with Crippen molar-refractivity contribution in [3.63, 3.8) is 0 Å². The fraction of sp³-hybridized carbons (Fsp3) is 0.150.